The van der Waals surface area contributed by atoms with Gasteiger partial charge in [-0.15, -0.1) is 0 Å². The molecule has 70 heavy (non-hydrogen) atoms. The molecule has 8 atom stereocenters. The molecule has 0 aromatic rings. The van der Waals surface area contributed by atoms with Crippen LogP contribution in [0.15, 0.2) is 36.5 Å². The molecule has 1 heterocycles. The molecular formula is C59H109NO10. The predicted octanol–water partition coefficient (Wildman–Crippen LogP) is 13.1. The van der Waals surface area contributed by atoms with E-state index >= 15 is 0 Å². The number of nitrogens with one attached hydrogen (secondary N) is 1. The zero-order valence-corrected chi connectivity index (χ0v) is 45.1. The maximum Gasteiger partial charge on any atom is 0.306 e. The first-order chi connectivity index (χ1) is 34.2. The Balaban J connectivity index is 2.71. The maximum absolute atomic E-state index is 13.4. The third-order valence-electron chi connectivity index (χ3n) is 13.8. The first-order valence-electron chi connectivity index (χ1n) is 29.3. The van der Waals surface area contributed by atoms with Crippen LogP contribution < -0.4 is 5.32 Å². The van der Waals surface area contributed by atoms with Crippen molar-refractivity contribution in [2.24, 2.45) is 0 Å². The predicted molar refractivity (Wildman–Crippen MR) is 287 cm³/mol. The molecule has 1 aliphatic heterocycles. The minimum atomic E-state index is -1.61. The zero-order valence-electron chi connectivity index (χ0n) is 45.1. The number of hydrogen-bond donors (Lipinski definition) is 6. The van der Waals surface area contributed by atoms with E-state index in [-0.39, 0.29) is 19.4 Å². The molecule has 410 valence electrons. The van der Waals surface area contributed by atoms with Gasteiger partial charge >= 0.3 is 5.97 Å². The van der Waals surface area contributed by atoms with Crippen LogP contribution in [0.1, 0.15) is 265 Å². The number of rotatable bonds is 49. The largest absolute Gasteiger partial charge is 0.454 e. The molecule has 1 saturated heterocycles. The van der Waals surface area contributed by atoms with Crippen LogP contribution in [0.2, 0.25) is 0 Å². The average Bonchev–Trinajstić information content (AvgIpc) is 3.36. The SMILES string of the molecule is CCCCC/C=C\C/C=C\CCCCCCCCCCC(O)C(=O)NC(COC1OC(CO)C(O)C(O)C1OC(=O)CCCCCCCCCCCCC)C(O)/C=C/CCCCCCCCCCCC. The van der Waals surface area contributed by atoms with Crippen LogP contribution in [0.5, 0.6) is 0 Å². The molecule has 6 N–H and O–H groups in total. The normalized spacial score (nSPS) is 19.9. The van der Waals surface area contributed by atoms with Gasteiger partial charge in [0.1, 0.15) is 24.4 Å². The van der Waals surface area contributed by atoms with Crippen LogP contribution in [-0.4, -0.2) is 99.6 Å². The van der Waals surface area contributed by atoms with Gasteiger partial charge in [0.15, 0.2) is 12.4 Å². The van der Waals surface area contributed by atoms with Crippen molar-refractivity contribution in [3.8, 4) is 0 Å². The van der Waals surface area contributed by atoms with Crippen molar-refractivity contribution in [3.05, 3.63) is 36.5 Å². The Bertz CT molecular complexity index is 1280. The smallest absolute Gasteiger partial charge is 0.306 e. The van der Waals surface area contributed by atoms with E-state index in [1.54, 1.807) is 6.08 Å². The second kappa shape index (κ2) is 47.9. The number of unbranched alkanes of at least 4 members (excludes halogenated alkanes) is 31. The minimum absolute atomic E-state index is 0.127. The van der Waals surface area contributed by atoms with E-state index in [9.17, 15) is 35.1 Å². The maximum atomic E-state index is 13.4. The van der Waals surface area contributed by atoms with Crippen LogP contribution >= 0.6 is 0 Å². The summed E-state index contributed by atoms with van der Waals surface area (Å²) in [6, 6.07) is -1.02. The molecule has 1 amide bonds. The third-order valence-corrected chi connectivity index (χ3v) is 13.8. The highest BCUT2D eigenvalue weighted by atomic mass is 16.7. The molecule has 0 saturated carbocycles. The van der Waals surface area contributed by atoms with E-state index in [1.807, 2.05) is 6.08 Å². The molecule has 0 aliphatic carbocycles. The van der Waals surface area contributed by atoms with E-state index in [2.05, 4.69) is 50.4 Å². The van der Waals surface area contributed by atoms with E-state index in [0.717, 1.165) is 70.6 Å². The van der Waals surface area contributed by atoms with Crippen molar-refractivity contribution in [3.63, 3.8) is 0 Å². The van der Waals surface area contributed by atoms with Crippen LogP contribution in [0.3, 0.4) is 0 Å². The molecule has 1 rings (SSSR count). The summed E-state index contributed by atoms with van der Waals surface area (Å²) >= 11 is 0. The van der Waals surface area contributed by atoms with E-state index < -0.39 is 67.4 Å². The van der Waals surface area contributed by atoms with Crippen LogP contribution in [0.4, 0.5) is 0 Å². The highest BCUT2D eigenvalue weighted by molar-refractivity contribution is 5.80. The van der Waals surface area contributed by atoms with Crippen molar-refractivity contribution in [1.82, 2.24) is 5.32 Å². The number of ether oxygens (including phenoxy) is 3. The molecule has 1 aliphatic rings. The number of allylic oxidation sites excluding steroid dienone is 5. The second-order valence-electron chi connectivity index (χ2n) is 20.4. The summed E-state index contributed by atoms with van der Waals surface area (Å²) in [6.07, 6.45) is 44.7. The lowest BCUT2D eigenvalue weighted by atomic mass is 9.99. The number of esters is 1. The Morgan fingerprint density at radius 3 is 1.49 bits per heavy atom. The number of amides is 1. The summed E-state index contributed by atoms with van der Waals surface area (Å²) in [4.78, 5) is 26.4. The lowest BCUT2D eigenvalue weighted by Crippen LogP contribution is -2.61. The van der Waals surface area contributed by atoms with E-state index in [0.29, 0.717) is 12.8 Å². The Kier molecular flexibility index (Phi) is 45.1. The summed E-state index contributed by atoms with van der Waals surface area (Å²) in [7, 11) is 0. The summed E-state index contributed by atoms with van der Waals surface area (Å²) in [6.45, 7) is 5.75. The lowest BCUT2D eigenvalue weighted by Gasteiger charge is -2.41. The molecule has 0 aromatic carbocycles. The van der Waals surface area contributed by atoms with Crippen LogP contribution in [0.25, 0.3) is 0 Å². The molecule has 11 nitrogen and oxygen atoms in total. The minimum Gasteiger partial charge on any atom is -0.454 e. The fourth-order valence-corrected chi connectivity index (χ4v) is 9.09. The van der Waals surface area contributed by atoms with Crippen molar-refractivity contribution in [1.29, 1.82) is 0 Å². The fraction of sp³-hybridized carbons (Fsp3) is 0.864. The molecule has 8 unspecified atom stereocenters. The third kappa shape index (κ3) is 35.9. The Morgan fingerprint density at radius 2 is 0.986 bits per heavy atom. The van der Waals surface area contributed by atoms with E-state index in [4.69, 9.17) is 14.2 Å². The Morgan fingerprint density at radius 1 is 0.557 bits per heavy atom. The molecule has 11 heteroatoms. The average molecular weight is 993 g/mol. The quantitative estimate of drug-likeness (QED) is 0.0195. The zero-order chi connectivity index (χ0) is 51.1. The van der Waals surface area contributed by atoms with Crippen molar-refractivity contribution in [2.45, 2.75) is 314 Å². The van der Waals surface area contributed by atoms with Gasteiger partial charge in [0.05, 0.1) is 25.4 Å². The summed E-state index contributed by atoms with van der Waals surface area (Å²) in [5.74, 6) is -1.19. The van der Waals surface area contributed by atoms with Crippen LogP contribution in [-0.2, 0) is 23.8 Å². The second-order valence-corrected chi connectivity index (χ2v) is 20.4. The van der Waals surface area contributed by atoms with Gasteiger partial charge in [0.25, 0.3) is 0 Å². The van der Waals surface area contributed by atoms with E-state index in [1.165, 1.54) is 148 Å². The molecule has 0 bridgehead atoms. The summed E-state index contributed by atoms with van der Waals surface area (Å²) in [5, 5.41) is 56.8. The summed E-state index contributed by atoms with van der Waals surface area (Å²) < 4.78 is 17.6. The molecule has 1 fully saturated rings. The number of aliphatic hydroxyl groups is 5. The number of carbonyl (C=O) groups excluding carboxylic acids is 2. The molecular weight excluding hydrogens is 883 g/mol. The summed E-state index contributed by atoms with van der Waals surface area (Å²) in [5.41, 5.74) is 0. The molecule has 0 spiro atoms. The van der Waals surface area contributed by atoms with Crippen LogP contribution in [0, 0.1) is 0 Å². The van der Waals surface area contributed by atoms with Gasteiger partial charge in [-0.05, 0) is 57.8 Å². The van der Waals surface area contributed by atoms with Gasteiger partial charge in [-0.2, -0.15) is 0 Å². The number of carbonyl (C=O) groups is 2. The highest BCUT2D eigenvalue weighted by Crippen LogP contribution is 2.26. The molecule has 0 radical (unpaired) electrons. The Hall–Kier alpha value is -2.12. The van der Waals surface area contributed by atoms with Crippen molar-refractivity contribution < 1.29 is 49.3 Å². The first-order valence-corrected chi connectivity index (χ1v) is 29.3. The topological polar surface area (TPSA) is 175 Å². The Labute approximate surface area is 428 Å². The van der Waals surface area contributed by atoms with Gasteiger partial charge in [-0.1, -0.05) is 237 Å². The van der Waals surface area contributed by atoms with Gasteiger partial charge in [0, 0.05) is 6.42 Å². The lowest BCUT2D eigenvalue weighted by molar-refractivity contribution is -0.305. The standard InChI is InChI=1S/C59H109NO10/c1-4-7-10-13-16-19-22-24-25-26-27-28-29-32-34-37-40-43-46-52(63)58(67)60-50(51(62)45-42-39-36-33-31-23-20-17-14-11-8-5-2)49-68-59-57(56(66)55(65)53(48-61)69-59)70-54(64)47-44-41-38-35-30-21-18-15-12-9-6-3/h16,19,24-25,42,45,50-53,55-57,59,61-63,65-66H,4-15,17-18,20-23,26-41,43-44,46-49H2,1-3H3,(H,60,67)/b19-16-,25-24-,45-42+. The monoisotopic (exact) mass is 992 g/mol. The number of hydrogen-bond acceptors (Lipinski definition) is 10. The fourth-order valence-electron chi connectivity index (χ4n) is 9.09. The molecule has 0 aromatic heterocycles. The van der Waals surface area contributed by atoms with Crippen molar-refractivity contribution in [2.75, 3.05) is 13.2 Å². The number of aliphatic hydroxyl groups excluding tert-OH is 5. The van der Waals surface area contributed by atoms with Crippen molar-refractivity contribution >= 4 is 11.9 Å². The van der Waals surface area contributed by atoms with Gasteiger partial charge in [-0.3, -0.25) is 9.59 Å². The van der Waals surface area contributed by atoms with Gasteiger partial charge in [-0.25, -0.2) is 0 Å². The highest BCUT2D eigenvalue weighted by Gasteiger charge is 2.47. The van der Waals surface area contributed by atoms with Gasteiger partial charge < -0.3 is 45.1 Å². The van der Waals surface area contributed by atoms with Gasteiger partial charge in [0.2, 0.25) is 5.91 Å². The first kappa shape index (κ1) is 65.9.